The van der Waals surface area contributed by atoms with Crippen LogP contribution in [-0.2, 0) is 11.2 Å². The van der Waals surface area contributed by atoms with Crippen molar-refractivity contribution in [3.63, 3.8) is 0 Å². The molecule has 1 unspecified atom stereocenters. The predicted octanol–water partition coefficient (Wildman–Crippen LogP) is 2.26. The Labute approximate surface area is 125 Å². The van der Waals surface area contributed by atoms with E-state index in [1.807, 2.05) is 4.90 Å². The van der Waals surface area contributed by atoms with Crippen molar-refractivity contribution in [2.75, 3.05) is 23.0 Å². The maximum atomic E-state index is 11.4. The zero-order valence-electron chi connectivity index (χ0n) is 11.1. The first kappa shape index (κ1) is 13.6. The highest BCUT2D eigenvalue weighted by molar-refractivity contribution is 7.99. The molecule has 1 fully saturated rings. The fourth-order valence-electron chi connectivity index (χ4n) is 2.36. The molecule has 0 spiro atoms. The van der Waals surface area contributed by atoms with Crippen LogP contribution in [0.2, 0.25) is 0 Å². The van der Waals surface area contributed by atoms with Gasteiger partial charge in [-0.3, -0.25) is 0 Å². The molecule has 1 atom stereocenters. The third-order valence-corrected chi connectivity index (χ3v) is 5.60. The molecule has 0 aromatic carbocycles. The molecule has 1 N–H and O–H groups in total. The van der Waals surface area contributed by atoms with E-state index in [0.29, 0.717) is 12.3 Å². The summed E-state index contributed by atoms with van der Waals surface area (Å²) >= 11 is 3.34. The number of hydrogen-bond acceptors (Lipinski definition) is 6. The molecule has 2 aromatic rings. The van der Waals surface area contributed by atoms with E-state index < -0.39 is 12.0 Å². The quantitative estimate of drug-likeness (QED) is 0.938. The Morgan fingerprint density at radius 1 is 1.55 bits per heavy atom. The van der Waals surface area contributed by atoms with Crippen LogP contribution in [0.4, 0.5) is 5.82 Å². The minimum atomic E-state index is -0.782. The Morgan fingerprint density at radius 3 is 3.15 bits per heavy atom. The summed E-state index contributed by atoms with van der Waals surface area (Å²) in [6.07, 6.45) is 2.49. The Kier molecular flexibility index (Phi) is 3.80. The van der Waals surface area contributed by atoms with Crippen molar-refractivity contribution in [1.29, 1.82) is 0 Å². The molecule has 0 radical (unpaired) electrons. The lowest BCUT2D eigenvalue weighted by Crippen LogP contribution is -2.47. The predicted molar refractivity (Wildman–Crippen MR) is 82.9 cm³/mol. The van der Waals surface area contributed by atoms with Gasteiger partial charge in [0.1, 0.15) is 23.0 Å². The zero-order valence-corrected chi connectivity index (χ0v) is 12.7. The number of anilines is 1. The molecule has 0 amide bonds. The number of aliphatic carboxylic acids is 1. The molecule has 20 heavy (non-hydrogen) atoms. The van der Waals surface area contributed by atoms with E-state index in [-0.39, 0.29) is 0 Å². The largest absolute Gasteiger partial charge is 0.480 e. The van der Waals surface area contributed by atoms with E-state index in [1.165, 1.54) is 11.2 Å². The molecule has 1 saturated heterocycles. The molecule has 0 aliphatic carbocycles. The average Bonchev–Trinajstić information content (AvgIpc) is 2.90. The van der Waals surface area contributed by atoms with Crippen molar-refractivity contribution in [2.24, 2.45) is 0 Å². The summed E-state index contributed by atoms with van der Waals surface area (Å²) < 4.78 is 0. The molecule has 3 heterocycles. The second-order valence-corrected chi connectivity index (χ2v) is 6.87. The van der Waals surface area contributed by atoms with E-state index in [2.05, 4.69) is 23.0 Å². The smallest absolute Gasteiger partial charge is 0.327 e. The monoisotopic (exact) mass is 309 g/mol. The van der Waals surface area contributed by atoms with Gasteiger partial charge in [-0.1, -0.05) is 6.92 Å². The number of carbonyl (C=O) groups is 1. The lowest BCUT2D eigenvalue weighted by atomic mass is 10.2. The Balaban J connectivity index is 2.07. The van der Waals surface area contributed by atoms with Crippen molar-refractivity contribution >= 4 is 45.1 Å². The van der Waals surface area contributed by atoms with Gasteiger partial charge in [0.25, 0.3) is 0 Å². The van der Waals surface area contributed by atoms with Crippen LogP contribution in [0.5, 0.6) is 0 Å². The first-order chi connectivity index (χ1) is 9.70. The van der Waals surface area contributed by atoms with Gasteiger partial charge in [-0.25, -0.2) is 14.8 Å². The minimum Gasteiger partial charge on any atom is -0.480 e. The van der Waals surface area contributed by atoms with Crippen LogP contribution in [0.25, 0.3) is 10.2 Å². The molecular formula is C13H15N3O2S2. The fourth-order valence-corrected chi connectivity index (χ4v) is 4.33. The number of fused-ring (bicyclic) bond motifs is 1. The third-order valence-electron chi connectivity index (χ3n) is 3.39. The molecule has 0 saturated carbocycles. The van der Waals surface area contributed by atoms with Crippen molar-refractivity contribution in [1.82, 2.24) is 9.97 Å². The van der Waals surface area contributed by atoms with Crippen LogP contribution in [0.3, 0.4) is 0 Å². The van der Waals surface area contributed by atoms with Crippen LogP contribution in [0, 0.1) is 0 Å². The number of rotatable bonds is 3. The van der Waals surface area contributed by atoms with Crippen molar-refractivity contribution < 1.29 is 9.90 Å². The lowest BCUT2D eigenvalue weighted by molar-refractivity contribution is -0.138. The lowest BCUT2D eigenvalue weighted by Gasteiger charge is -2.33. The summed E-state index contributed by atoms with van der Waals surface area (Å²) in [5.74, 6) is 1.51. The summed E-state index contributed by atoms with van der Waals surface area (Å²) in [6.45, 7) is 2.82. The molecule has 5 nitrogen and oxygen atoms in total. The molecule has 106 valence electrons. The maximum Gasteiger partial charge on any atom is 0.327 e. The van der Waals surface area contributed by atoms with Gasteiger partial charge in [0.2, 0.25) is 0 Å². The van der Waals surface area contributed by atoms with E-state index in [9.17, 15) is 9.90 Å². The van der Waals surface area contributed by atoms with E-state index in [0.717, 1.165) is 28.2 Å². The van der Waals surface area contributed by atoms with Gasteiger partial charge in [0, 0.05) is 22.9 Å². The first-order valence-electron chi connectivity index (χ1n) is 6.51. The Bertz CT molecular complexity index is 644. The molecule has 1 aliphatic rings. The van der Waals surface area contributed by atoms with Crippen molar-refractivity contribution in [3.05, 3.63) is 17.3 Å². The summed E-state index contributed by atoms with van der Waals surface area (Å²) in [5.41, 5.74) is 0. The Hall–Kier alpha value is -1.34. The standard InChI is InChI=1S/C13H15N3O2S2/c1-2-8-5-9-11(14-7-15-12(9)20-8)16-3-4-19-6-10(16)13(17)18/h5,7,10H,2-4,6H2,1H3,(H,17,18). The highest BCUT2D eigenvalue weighted by Crippen LogP contribution is 2.33. The summed E-state index contributed by atoms with van der Waals surface area (Å²) in [6, 6.07) is 1.59. The average molecular weight is 309 g/mol. The summed E-state index contributed by atoms with van der Waals surface area (Å²) in [7, 11) is 0. The van der Waals surface area contributed by atoms with Crippen LogP contribution in [0.1, 0.15) is 11.8 Å². The van der Waals surface area contributed by atoms with Crippen LogP contribution < -0.4 is 4.90 Å². The molecule has 0 bridgehead atoms. The van der Waals surface area contributed by atoms with Gasteiger partial charge >= 0.3 is 5.97 Å². The van der Waals surface area contributed by atoms with E-state index in [4.69, 9.17) is 0 Å². The number of hydrogen-bond donors (Lipinski definition) is 1. The number of nitrogens with zero attached hydrogens (tertiary/aromatic N) is 3. The minimum absolute atomic E-state index is 0.503. The highest BCUT2D eigenvalue weighted by atomic mass is 32.2. The highest BCUT2D eigenvalue weighted by Gasteiger charge is 2.31. The number of carboxylic acids is 1. The summed E-state index contributed by atoms with van der Waals surface area (Å²) in [4.78, 5) is 24.2. The van der Waals surface area contributed by atoms with E-state index in [1.54, 1.807) is 23.1 Å². The van der Waals surface area contributed by atoms with Crippen molar-refractivity contribution in [3.8, 4) is 0 Å². The number of carboxylic acid groups (broad SMARTS) is 1. The molecule has 3 rings (SSSR count). The fraction of sp³-hybridized carbons (Fsp3) is 0.462. The number of aromatic nitrogens is 2. The SMILES string of the molecule is CCc1cc2c(N3CCSCC3C(=O)O)ncnc2s1. The second-order valence-electron chi connectivity index (χ2n) is 4.60. The third kappa shape index (κ3) is 2.35. The Morgan fingerprint density at radius 2 is 2.40 bits per heavy atom. The van der Waals surface area contributed by atoms with Crippen LogP contribution in [-0.4, -0.2) is 45.1 Å². The van der Waals surface area contributed by atoms with Gasteiger partial charge < -0.3 is 10.0 Å². The molecule has 1 aliphatic heterocycles. The normalized spacial score (nSPS) is 19.4. The number of aryl methyl sites for hydroxylation is 1. The number of thioether (sulfide) groups is 1. The second kappa shape index (κ2) is 5.57. The van der Waals surface area contributed by atoms with Gasteiger partial charge in [-0.2, -0.15) is 11.8 Å². The van der Waals surface area contributed by atoms with Gasteiger partial charge in [0.15, 0.2) is 0 Å². The van der Waals surface area contributed by atoms with E-state index >= 15 is 0 Å². The molecule has 7 heteroatoms. The first-order valence-corrected chi connectivity index (χ1v) is 8.48. The number of thiophene rings is 1. The van der Waals surface area contributed by atoms with Crippen LogP contribution in [0.15, 0.2) is 12.4 Å². The summed E-state index contributed by atoms with van der Waals surface area (Å²) in [5, 5.41) is 10.4. The van der Waals surface area contributed by atoms with Crippen LogP contribution >= 0.6 is 23.1 Å². The van der Waals surface area contributed by atoms with Gasteiger partial charge in [0.05, 0.1) is 5.39 Å². The zero-order chi connectivity index (χ0) is 14.1. The van der Waals surface area contributed by atoms with Crippen molar-refractivity contribution in [2.45, 2.75) is 19.4 Å². The maximum absolute atomic E-state index is 11.4. The van der Waals surface area contributed by atoms with Gasteiger partial charge in [-0.15, -0.1) is 11.3 Å². The van der Waals surface area contributed by atoms with Gasteiger partial charge in [-0.05, 0) is 12.5 Å². The molecular weight excluding hydrogens is 294 g/mol. The topological polar surface area (TPSA) is 66.3 Å². The molecule has 2 aromatic heterocycles.